The molecule has 0 fully saturated rings. The monoisotopic (exact) mass is 468 g/mol. The lowest BCUT2D eigenvalue weighted by atomic mass is 9.95. The molecule has 0 amide bonds. The summed E-state index contributed by atoms with van der Waals surface area (Å²) in [6, 6.07) is 23.0. The molecule has 0 bridgehead atoms. The van der Waals surface area contributed by atoms with Crippen molar-refractivity contribution in [3.8, 4) is 28.7 Å². The molecule has 4 rings (SSSR count). The SMILES string of the molecule is CC#CC(C/C(=N/N)NN)c1ccc(OCc2ccc3scc(-c4ccccc4C)c3c2)cc1. The summed E-state index contributed by atoms with van der Waals surface area (Å²) >= 11 is 1.78. The first-order valence-corrected chi connectivity index (χ1v) is 12.0. The molecule has 0 spiro atoms. The fourth-order valence-corrected chi connectivity index (χ4v) is 4.92. The average molecular weight is 469 g/mol. The van der Waals surface area contributed by atoms with Gasteiger partial charge in [-0.05, 0) is 65.7 Å². The molecule has 0 aliphatic heterocycles. The maximum absolute atomic E-state index is 6.10. The van der Waals surface area contributed by atoms with Crippen LogP contribution in [0.5, 0.6) is 5.75 Å². The molecular weight excluding hydrogens is 440 g/mol. The molecule has 3 aromatic carbocycles. The summed E-state index contributed by atoms with van der Waals surface area (Å²) in [5.74, 6) is 18.3. The van der Waals surface area contributed by atoms with Gasteiger partial charge in [-0.1, -0.05) is 48.4 Å². The van der Waals surface area contributed by atoms with E-state index in [-0.39, 0.29) is 5.92 Å². The molecule has 6 heteroatoms. The molecule has 0 aliphatic rings. The Balaban J connectivity index is 1.49. The van der Waals surface area contributed by atoms with Gasteiger partial charge in [-0.3, -0.25) is 0 Å². The van der Waals surface area contributed by atoms with Crippen molar-refractivity contribution in [2.75, 3.05) is 0 Å². The minimum absolute atomic E-state index is 0.0572. The highest BCUT2D eigenvalue weighted by Crippen LogP contribution is 2.36. The number of hydrogen-bond donors (Lipinski definition) is 3. The zero-order valence-corrected chi connectivity index (χ0v) is 20.2. The van der Waals surface area contributed by atoms with Crippen molar-refractivity contribution in [3.63, 3.8) is 0 Å². The molecule has 0 saturated heterocycles. The second kappa shape index (κ2) is 10.9. The van der Waals surface area contributed by atoms with Crippen LogP contribution in [0, 0.1) is 18.8 Å². The molecule has 1 aromatic heterocycles. The minimum atomic E-state index is -0.0572. The number of nitrogens with zero attached hydrogens (tertiary/aromatic N) is 1. The standard InChI is InChI=1S/C28H28N4OS/c1-3-6-22(16-28(31-29)32-30)21-10-12-23(13-11-21)33-17-20-9-14-27-25(15-20)26(18-34-27)24-8-5-4-7-19(24)2/h4-5,7-15,18,22H,16-17,29-30H2,1-2H3,(H,31,32). The van der Waals surface area contributed by atoms with Gasteiger partial charge in [-0.2, -0.15) is 5.10 Å². The summed E-state index contributed by atoms with van der Waals surface area (Å²) in [4.78, 5) is 0. The number of aryl methyl sites for hydroxylation is 1. The van der Waals surface area contributed by atoms with Crippen LogP contribution in [-0.4, -0.2) is 5.84 Å². The van der Waals surface area contributed by atoms with Crippen LogP contribution in [0.25, 0.3) is 21.2 Å². The largest absolute Gasteiger partial charge is 0.489 e. The van der Waals surface area contributed by atoms with Crippen LogP contribution in [-0.2, 0) is 6.61 Å². The Bertz CT molecular complexity index is 1360. The summed E-state index contributed by atoms with van der Waals surface area (Å²) in [6.45, 7) is 4.47. The van der Waals surface area contributed by atoms with E-state index in [1.807, 2.05) is 31.2 Å². The molecule has 0 radical (unpaired) electrons. The van der Waals surface area contributed by atoms with Crippen LogP contribution >= 0.6 is 11.3 Å². The lowest BCUT2D eigenvalue weighted by Gasteiger charge is -2.13. The highest BCUT2D eigenvalue weighted by molar-refractivity contribution is 7.17. The Morgan fingerprint density at radius 1 is 1.09 bits per heavy atom. The Hall–Kier alpha value is -3.79. The number of nitrogens with one attached hydrogen (secondary N) is 1. The zero-order chi connectivity index (χ0) is 23.9. The Morgan fingerprint density at radius 2 is 1.88 bits per heavy atom. The normalized spacial score (nSPS) is 12.1. The van der Waals surface area contributed by atoms with Gasteiger partial charge in [0.25, 0.3) is 0 Å². The van der Waals surface area contributed by atoms with Gasteiger partial charge in [-0.15, -0.1) is 17.3 Å². The number of amidine groups is 1. The fourth-order valence-electron chi connectivity index (χ4n) is 3.98. The van der Waals surface area contributed by atoms with Crippen molar-refractivity contribution in [1.29, 1.82) is 0 Å². The van der Waals surface area contributed by atoms with Gasteiger partial charge in [0, 0.05) is 22.1 Å². The number of fused-ring (bicyclic) bond motifs is 1. The highest BCUT2D eigenvalue weighted by Gasteiger charge is 2.13. The highest BCUT2D eigenvalue weighted by atomic mass is 32.1. The molecular formula is C28H28N4OS. The van der Waals surface area contributed by atoms with Crippen molar-refractivity contribution in [2.24, 2.45) is 16.8 Å². The number of rotatable bonds is 7. The van der Waals surface area contributed by atoms with Gasteiger partial charge >= 0.3 is 0 Å². The van der Waals surface area contributed by atoms with Crippen LogP contribution < -0.4 is 21.8 Å². The van der Waals surface area contributed by atoms with Gasteiger partial charge < -0.3 is 16.0 Å². The summed E-state index contributed by atoms with van der Waals surface area (Å²) in [5.41, 5.74) is 8.55. The lowest BCUT2D eigenvalue weighted by Crippen LogP contribution is -2.32. The summed E-state index contributed by atoms with van der Waals surface area (Å²) in [6.07, 6.45) is 0.512. The number of hydrazone groups is 1. The number of hydrazine groups is 1. The van der Waals surface area contributed by atoms with Crippen molar-refractivity contribution in [1.82, 2.24) is 5.43 Å². The number of ether oxygens (including phenoxy) is 1. The summed E-state index contributed by atoms with van der Waals surface area (Å²) < 4.78 is 7.38. The van der Waals surface area contributed by atoms with E-state index < -0.39 is 0 Å². The van der Waals surface area contributed by atoms with Crippen molar-refractivity contribution in [3.05, 3.63) is 88.8 Å². The Kier molecular flexibility index (Phi) is 7.48. The maximum atomic E-state index is 6.10. The molecule has 4 aromatic rings. The van der Waals surface area contributed by atoms with Crippen LogP contribution in [0.1, 0.15) is 36.0 Å². The van der Waals surface area contributed by atoms with E-state index in [9.17, 15) is 0 Å². The second-order valence-corrected chi connectivity index (χ2v) is 8.93. The van der Waals surface area contributed by atoms with E-state index >= 15 is 0 Å². The van der Waals surface area contributed by atoms with E-state index in [0.29, 0.717) is 18.9 Å². The van der Waals surface area contributed by atoms with Crippen LogP contribution in [0.2, 0.25) is 0 Å². The van der Waals surface area contributed by atoms with E-state index in [0.717, 1.165) is 16.9 Å². The first-order valence-electron chi connectivity index (χ1n) is 11.1. The van der Waals surface area contributed by atoms with Crippen LogP contribution in [0.3, 0.4) is 0 Å². The fraction of sp³-hybridized carbons (Fsp3) is 0.179. The third kappa shape index (κ3) is 5.23. The van der Waals surface area contributed by atoms with Gasteiger partial charge in [0.1, 0.15) is 18.2 Å². The Morgan fingerprint density at radius 3 is 2.59 bits per heavy atom. The van der Waals surface area contributed by atoms with Gasteiger partial charge in [0.15, 0.2) is 0 Å². The predicted molar refractivity (Wildman–Crippen MR) is 143 cm³/mol. The molecule has 1 atom stereocenters. The lowest BCUT2D eigenvalue weighted by molar-refractivity contribution is 0.306. The number of hydrogen-bond acceptors (Lipinski definition) is 5. The van der Waals surface area contributed by atoms with Gasteiger partial charge in [0.05, 0.1) is 5.92 Å². The number of nitrogens with two attached hydrogens (primary N) is 2. The maximum Gasteiger partial charge on any atom is 0.137 e. The first-order chi connectivity index (χ1) is 16.6. The average Bonchev–Trinajstić information content (AvgIpc) is 3.29. The smallest absolute Gasteiger partial charge is 0.137 e. The van der Waals surface area contributed by atoms with Gasteiger partial charge in [0.2, 0.25) is 0 Å². The molecule has 34 heavy (non-hydrogen) atoms. The first kappa shape index (κ1) is 23.4. The molecule has 0 aliphatic carbocycles. The van der Waals surface area contributed by atoms with Crippen molar-refractivity contribution in [2.45, 2.75) is 32.8 Å². The third-order valence-electron chi connectivity index (χ3n) is 5.80. The third-order valence-corrected chi connectivity index (χ3v) is 6.76. The summed E-state index contributed by atoms with van der Waals surface area (Å²) in [5, 5.41) is 7.18. The topological polar surface area (TPSA) is 85.7 Å². The van der Waals surface area contributed by atoms with E-state index in [2.05, 4.69) is 77.1 Å². The van der Waals surface area contributed by atoms with Crippen molar-refractivity contribution < 1.29 is 4.74 Å². The minimum Gasteiger partial charge on any atom is -0.489 e. The van der Waals surface area contributed by atoms with E-state index in [4.69, 9.17) is 16.4 Å². The van der Waals surface area contributed by atoms with Crippen LogP contribution in [0.15, 0.2) is 77.2 Å². The number of thiophene rings is 1. The molecule has 172 valence electrons. The quantitative estimate of drug-likeness (QED) is 0.107. The molecule has 1 heterocycles. The number of benzene rings is 3. The van der Waals surface area contributed by atoms with Gasteiger partial charge in [-0.25, -0.2) is 5.84 Å². The van der Waals surface area contributed by atoms with E-state index in [1.165, 1.54) is 26.8 Å². The second-order valence-electron chi connectivity index (χ2n) is 8.02. The molecule has 0 saturated carbocycles. The molecule has 5 N–H and O–H groups in total. The molecule has 5 nitrogen and oxygen atoms in total. The predicted octanol–water partition coefficient (Wildman–Crippen LogP) is 5.69. The van der Waals surface area contributed by atoms with E-state index in [1.54, 1.807) is 11.3 Å². The summed E-state index contributed by atoms with van der Waals surface area (Å²) in [7, 11) is 0. The Labute approximate surface area is 204 Å². The molecule has 1 unspecified atom stereocenters. The van der Waals surface area contributed by atoms with Crippen molar-refractivity contribution >= 4 is 27.3 Å². The zero-order valence-electron chi connectivity index (χ0n) is 19.3. The van der Waals surface area contributed by atoms with Crippen LogP contribution in [0.4, 0.5) is 0 Å².